The van der Waals surface area contributed by atoms with Crippen LogP contribution in [0.25, 0.3) is 5.69 Å². The van der Waals surface area contributed by atoms with Crippen LogP contribution in [0.4, 0.5) is 4.39 Å². The predicted octanol–water partition coefficient (Wildman–Crippen LogP) is 4.04. The average molecular weight is 466 g/mol. The number of hydrogen-bond acceptors (Lipinski definition) is 4. The van der Waals surface area contributed by atoms with Crippen molar-refractivity contribution in [1.29, 1.82) is 0 Å². The molecule has 3 saturated heterocycles. The van der Waals surface area contributed by atoms with E-state index in [2.05, 4.69) is 39.5 Å². The Hall–Kier alpha value is -2.77. The molecule has 2 bridgehead atoms. The van der Waals surface area contributed by atoms with Crippen molar-refractivity contribution >= 4 is 17.5 Å². The molecular formula is C25H25ClFN5O. The molecule has 3 aromatic rings. The van der Waals surface area contributed by atoms with E-state index in [9.17, 15) is 9.18 Å². The second-order valence-corrected chi connectivity index (χ2v) is 9.90. The fourth-order valence-electron chi connectivity index (χ4n) is 6.16. The van der Waals surface area contributed by atoms with Gasteiger partial charge < -0.3 is 4.90 Å². The minimum Gasteiger partial charge on any atom is -0.334 e. The van der Waals surface area contributed by atoms with Crippen molar-refractivity contribution in [3.05, 3.63) is 76.8 Å². The molecule has 4 atom stereocenters. The summed E-state index contributed by atoms with van der Waals surface area (Å²) in [6.45, 7) is 3.85. The maximum Gasteiger partial charge on any atom is 0.276 e. The summed E-state index contributed by atoms with van der Waals surface area (Å²) in [6, 6.07) is 15.5. The minimum absolute atomic E-state index is 0.0107. The lowest BCUT2D eigenvalue weighted by Crippen LogP contribution is -2.59. The Morgan fingerprint density at radius 1 is 1.03 bits per heavy atom. The Kier molecular flexibility index (Phi) is 5.18. The second kappa shape index (κ2) is 8.22. The second-order valence-electron chi connectivity index (χ2n) is 9.49. The average Bonchev–Trinajstić information content (AvgIpc) is 3.50. The molecule has 0 radical (unpaired) electrons. The molecule has 1 aromatic heterocycles. The van der Waals surface area contributed by atoms with Crippen LogP contribution in [0.2, 0.25) is 5.02 Å². The van der Waals surface area contributed by atoms with Crippen LogP contribution >= 0.6 is 11.6 Å². The molecule has 4 heterocycles. The van der Waals surface area contributed by atoms with Gasteiger partial charge in [0.1, 0.15) is 5.69 Å². The molecular weight excluding hydrogens is 441 g/mol. The van der Waals surface area contributed by atoms with E-state index < -0.39 is 5.82 Å². The van der Waals surface area contributed by atoms with Gasteiger partial charge in [-0.3, -0.25) is 9.69 Å². The first-order valence-electron chi connectivity index (χ1n) is 11.5. The maximum absolute atomic E-state index is 14.4. The number of fused-ring (bicyclic) bond motifs is 2. The Morgan fingerprint density at radius 3 is 2.70 bits per heavy atom. The quantitative estimate of drug-likeness (QED) is 0.583. The fraction of sp³-hybridized carbons (Fsp3) is 0.400. The zero-order chi connectivity index (χ0) is 22.5. The van der Waals surface area contributed by atoms with Gasteiger partial charge in [0.05, 0.1) is 11.2 Å². The van der Waals surface area contributed by atoms with E-state index >= 15 is 0 Å². The minimum atomic E-state index is -0.576. The first-order chi connectivity index (χ1) is 16.1. The fourth-order valence-corrected chi connectivity index (χ4v) is 6.33. The molecule has 4 fully saturated rings. The third kappa shape index (κ3) is 3.63. The highest BCUT2D eigenvalue weighted by atomic mass is 35.5. The number of carbonyl (C=O) groups is 1. The number of likely N-dealkylation sites (tertiary alicyclic amines) is 1. The number of rotatable bonds is 4. The van der Waals surface area contributed by atoms with Gasteiger partial charge in [0.15, 0.2) is 11.5 Å². The van der Waals surface area contributed by atoms with E-state index in [1.807, 2.05) is 11.0 Å². The Balaban J connectivity index is 1.20. The molecule has 1 aliphatic carbocycles. The summed E-state index contributed by atoms with van der Waals surface area (Å²) < 4.78 is 15.7. The highest BCUT2D eigenvalue weighted by molar-refractivity contribution is 6.30. The molecule has 0 spiro atoms. The third-order valence-electron chi connectivity index (χ3n) is 7.65. The van der Waals surface area contributed by atoms with Gasteiger partial charge in [-0.05, 0) is 48.3 Å². The van der Waals surface area contributed by atoms with Gasteiger partial charge >= 0.3 is 0 Å². The van der Waals surface area contributed by atoms with Crippen LogP contribution in [-0.4, -0.2) is 56.4 Å². The normalized spacial score (nSPS) is 26.5. The largest absolute Gasteiger partial charge is 0.334 e. The highest BCUT2D eigenvalue weighted by Gasteiger charge is 2.52. The number of amides is 1. The monoisotopic (exact) mass is 465 g/mol. The smallest absolute Gasteiger partial charge is 0.276 e. The number of carbonyl (C=O) groups excluding carboxylic acids is 1. The summed E-state index contributed by atoms with van der Waals surface area (Å²) in [7, 11) is 0. The van der Waals surface area contributed by atoms with Crippen LogP contribution in [-0.2, 0) is 6.54 Å². The third-order valence-corrected chi connectivity index (χ3v) is 7.94. The summed E-state index contributed by atoms with van der Waals surface area (Å²) in [6.07, 6.45) is 3.72. The Morgan fingerprint density at radius 2 is 1.85 bits per heavy atom. The van der Waals surface area contributed by atoms with Crippen LogP contribution in [0.1, 0.15) is 28.9 Å². The van der Waals surface area contributed by atoms with Gasteiger partial charge in [-0.1, -0.05) is 53.2 Å². The Bertz CT molecular complexity index is 1180. The predicted molar refractivity (Wildman–Crippen MR) is 123 cm³/mol. The van der Waals surface area contributed by atoms with Crippen molar-refractivity contribution in [3.63, 3.8) is 0 Å². The van der Waals surface area contributed by atoms with Gasteiger partial charge in [-0.15, -0.1) is 5.10 Å². The van der Waals surface area contributed by atoms with Gasteiger partial charge in [-0.2, -0.15) is 0 Å². The van der Waals surface area contributed by atoms with E-state index in [0.717, 1.165) is 32.6 Å². The first-order valence-corrected chi connectivity index (χ1v) is 11.9. The molecule has 4 unspecified atom stereocenters. The molecule has 2 aromatic carbocycles. The lowest BCUT2D eigenvalue weighted by molar-refractivity contribution is -0.0147. The molecule has 0 N–H and O–H groups in total. The number of piperidine rings is 2. The van der Waals surface area contributed by atoms with Crippen LogP contribution in [0.3, 0.4) is 0 Å². The number of hydrogen-bond donors (Lipinski definition) is 0. The van der Waals surface area contributed by atoms with Crippen LogP contribution in [0, 0.1) is 23.6 Å². The number of benzene rings is 2. The molecule has 33 heavy (non-hydrogen) atoms. The van der Waals surface area contributed by atoms with Gasteiger partial charge in [0, 0.05) is 32.2 Å². The number of halogens is 2. The van der Waals surface area contributed by atoms with E-state index in [1.165, 1.54) is 28.9 Å². The van der Waals surface area contributed by atoms with E-state index in [4.69, 9.17) is 11.6 Å². The SMILES string of the molecule is O=C(c1cn(-c2cccc(Cl)c2F)nn1)N1CC2CCC1C1CN(Cc3ccccc3)CC21. The van der Waals surface area contributed by atoms with Crippen molar-refractivity contribution in [1.82, 2.24) is 24.8 Å². The summed E-state index contributed by atoms with van der Waals surface area (Å²) in [5, 5.41) is 8.09. The van der Waals surface area contributed by atoms with Crippen molar-refractivity contribution in [2.45, 2.75) is 25.4 Å². The van der Waals surface area contributed by atoms with E-state index in [-0.39, 0.29) is 28.4 Å². The molecule has 6 nitrogen and oxygen atoms in total. The molecule has 8 heteroatoms. The zero-order valence-electron chi connectivity index (χ0n) is 18.1. The van der Waals surface area contributed by atoms with Gasteiger partial charge in [0.2, 0.25) is 0 Å². The lowest BCUT2D eigenvalue weighted by Gasteiger charge is -2.51. The number of nitrogens with zero attached hydrogens (tertiary/aromatic N) is 5. The number of aromatic nitrogens is 3. The Labute approximate surface area is 196 Å². The van der Waals surface area contributed by atoms with Crippen molar-refractivity contribution in [2.24, 2.45) is 17.8 Å². The first kappa shape index (κ1) is 20.8. The van der Waals surface area contributed by atoms with Crippen molar-refractivity contribution in [3.8, 4) is 5.69 Å². The molecule has 170 valence electrons. The molecule has 3 aliphatic heterocycles. The molecule has 1 amide bonds. The zero-order valence-corrected chi connectivity index (χ0v) is 18.9. The van der Waals surface area contributed by atoms with Crippen molar-refractivity contribution < 1.29 is 9.18 Å². The lowest BCUT2D eigenvalue weighted by atomic mass is 9.66. The molecule has 4 aliphatic rings. The van der Waals surface area contributed by atoms with Crippen LogP contribution < -0.4 is 0 Å². The summed E-state index contributed by atoms with van der Waals surface area (Å²) in [5.41, 5.74) is 1.76. The van der Waals surface area contributed by atoms with Crippen LogP contribution in [0.15, 0.2) is 54.7 Å². The van der Waals surface area contributed by atoms with Crippen molar-refractivity contribution in [2.75, 3.05) is 19.6 Å². The van der Waals surface area contributed by atoms with Gasteiger partial charge in [-0.25, -0.2) is 9.07 Å². The van der Waals surface area contributed by atoms with E-state index in [0.29, 0.717) is 17.8 Å². The maximum atomic E-state index is 14.4. The molecule has 1 saturated carbocycles. The summed E-state index contributed by atoms with van der Waals surface area (Å²) in [5.74, 6) is 0.967. The van der Waals surface area contributed by atoms with Crippen LogP contribution in [0.5, 0.6) is 0 Å². The van der Waals surface area contributed by atoms with Gasteiger partial charge in [0.25, 0.3) is 5.91 Å². The van der Waals surface area contributed by atoms with E-state index in [1.54, 1.807) is 12.1 Å². The standard InChI is InChI=1S/C25H25ClFN5O/c26-20-7-4-8-23(24(20)27)32-15-21(28-29-32)25(33)31-12-17-9-10-22(31)19-14-30(13-18(17)19)11-16-5-2-1-3-6-16/h1-8,15,17-19,22H,9-14H2. The topological polar surface area (TPSA) is 54.3 Å². The molecule has 7 rings (SSSR count). The summed E-state index contributed by atoms with van der Waals surface area (Å²) >= 11 is 5.90. The highest BCUT2D eigenvalue weighted by Crippen LogP contribution is 2.47. The summed E-state index contributed by atoms with van der Waals surface area (Å²) in [4.78, 5) is 18.0.